The Kier molecular flexibility index (Phi) is 5.87. The van der Waals surface area contributed by atoms with Crippen LogP contribution in [0, 0.1) is 11.8 Å². The number of halogens is 1. The predicted octanol–water partition coefficient (Wildman–Crippen LogP) is 3.67. The third-order valence-electron chi connectivity index (χ3n) is 4.74. The topological polar surface area (TPSA) is 46.3 Å². The molecule has 1 heterocycles. The van der Waals surface area contributed by atoms with Crippen molar-refractivity contribution >= 4 is 17.5 Å². The van der Waals surface area contributed by atoms with Crippen LogP contribution in [0.1, 0.15) is 45.1 Å². The van der Waals surface area contributed by atoms with Crippen molar-refractivity contribution in [2.75, 3.05) is 13.1 Å². The highest BCUT2D eigenvalue weighted by Gasteiger charge is 2.31. The van der Waals surface area contributed by atoms with Gasteiger partial charge in [0.1, 0.15) is 0 Å². The molecule has 0 radical (unpaired) electrons. The lowest BCUT2D eigenvalue weighted by Crippen LogP contribution is -2.45. The van der Waals surface area contributed by atoms with Crippen LogP contribution in [-0.4, -0.2) is 29.9 Å². The Bertz CT molecular complexity index is 508. The van der Waals surface area contributed by atoms with Crippen LogP contribution < -0.4 is 5.73 Å². The third-order valence-corrected chi connectivity index (χ3v) is 4.97. The minimum absolute atomic E-state index is 0.120. The fraction of sp³-hybridized carbons (Fsp3) is 0.611. The number of likely N-dealkylation sites (tertiary alicyclic amines) is 1. The molecule has 1 aliphatic heterocycles. The standard InChI is InChI=1S/C18H27ClN2O/c1-12(2)17(15-5-4-6-16(19)11-15)18(22)21-9-7-14(8-10-21)13(3)20/h4-6,11-14,17H,7-10,20H2,1-3H3. The SMILES string of the molecule is CC(C)C(C(=O)N1CCC(C(C)N)CC1)c1cccc(Cl)c1. The van der Waals surface area contributed by atoms with Crippen molar-refractivity contribution < 1.29 is 4.79 Å². The van der Waals surface area contributed by atoms with E-state index in [4.69, 9.17) is 17.3 Å². The molecule has 0 aromatic heterocycles. The minimum Gasteiger partial charge on any atom is -0.342 e. The number of carbonyl (C=O) groups excluding carboxylic acids is 1. The van der Waals surface area contributed by atoms with Crippen LogP contribution in [0.25, 0.3) is 0 Å². The quantitative estimate of drug-likeness (QED) is 0.919. The third kappa shape index (κ3) is 4.02. The van der Waals surface area contributed by atoms with E-state index in [2.05, 4.69) is 20.8 Å². The van der Waals surface area contributed by atoms with Crippen LogP contribution in [0.2, 0.25) is 5.02 Å². The molecule has 4 heteroatoms. The van der Waals surface area contributed by atoms with Crippen LogP contribution in [0.5, 0.6) is 0 Å². The largest absolute Gasteiger partial charge is 0.342 e. The molecule has 1 saturated heterocycles. The Hall–Kier alpha value is -1.06. The molecule has 122 valence electrons. The number of nitrogens with two attached hydrogens (primary N) is 1. The molecule has 2 unspecified atom stereocenters. The summed E-state index contributed by atoms with van der Waals surface area (Å²) in [4.78, 5) is 15.0. The first-order valence-corrected chi connectivity index (χ1v) is 8.57. The van der Waals surface area contributed by atoms with E-state index in [1.807, 2.05) is 29.2 Å². The van der Waals surface area contributed by atoms with Crippen molar-refractivity contribution in [2.24, 2.45) is 17.6 Å². The van der Waals surface area contributed by atoms with Gasteiger partial charge in [-0.1, -0.05) is 37.6 Å². The van der Waals surface area contributed by atoms with Gasteiger partial charge in [-0.15, -0.1) is 0 Å². The lowest BCUT2D eigenvalue weighted by Gasteiger charge is -2.36. The van der Waals surface area contributed by atoms with Gasteiger partial charge in [0, 0.05) is 24.2 Å². The normalized spacial score (nSPS) is 19.3. The van der Waals surface area contributed by atoms with Gasteiger partial charge in [0.2, 0.25) is 5.91 Å². The van der Waals surface area contributed by atoms with Crippen molar-refractivity contribution in [3.05, 3.63) is 34.9 Å². The molecule has 22 heavy (non-hydrogen) atoms. The number of carbonyl (C=O) groups is 1. The molecule has 1 fully saturated rings. The summed E-state index contributed by atoms with van der Waals surface area (Å²) in [6, 6.07) is 7.90. The molecule has 0 saturated carbocycles. The average molecular weight is 323 g/mol. The van der Waals surface area contributed by atoms with Crippen molar-refractivity contribution in [3.63, 3.8) is 0 Å². The summed E-state index contributed by atoms with van der Waals surface area (Å²) >= 11 is 6.10. The van der Waals surface area contributed by atoms with E-state index < -0.39 is 0 Å². The molecule has 1 aliphatic rings. The van der Waals surface area contributed by atoms with Gasteiger partial charge in [0.05, 0.1) is 5.92 Å². The maximum Gasteiger partial charge on any atom is 0.230 e. The number of nitrogens with zero attached hydrogens (tertiary/aromatic N) is 1. The van der Waals surface area contributed by atoms with Gasteiger partial charge >= 0.3 is 0 Å². The second kappa shape index (κ2) is 7.47. The lowest BCUT2D eigenvalue weighted by molar-refractivity contribution is -0.135. The van der Waals surface area contributed by atoms with Gasteiger partial charge in [0.25, 0.3) is 0 Å². The van der Waals surface area contributed by atoms with E-state index in [1.165, 1.54) is 0 Å². The van der Waals surface area contributed by atoms with E-state index in [9.17, 15) is 4.79 Å². The molecule has 0 bridgehead atoms. The zero-order valence-corrected chi connectivity index (χ0v) is 14.5. The predicted molar refractivity (Wildman–Crippen MR) is 92.0 cm³/mol. The van der Waals surface area contributed by atoms with E-state index in [0.29, 0.717) is 10.9 Å². The van der Waals surface area contributed by atoms with Gasteiger partial charge in [-0.25, -0.2) is 0 Å². The molecule has 1 aromatic rings. The van der Waals surface area contributed by atoms with Crippen molar-refractivity contribution in [3.8, 4) is 0 Å². The summed E-state index contributed by atoms with van der Waals surface area (Å²) in [6.45, 7) is 7.88. The summed E-state index contributed by atoms with van der Waals surface area (Å²) in [5.74, 6) is 0.885. The molecule has 2 rings (SSSR count). The highest BCUT2D eigenvalue weighted by molar-refractivity contribution is 6.30. The van der Waals surface area contributed by atoms with Crippen LogP contribution in [-0.2, 0) is 4.79 Å². The van der Waals surface area contributed by atoms with Gasteiger partial charge in [-0.3, -0.25) is 4.79 Å². The maximum absolute atomic E-state index is 13.0. The highest BCUT2D eigenvalue weighted by Crippen LogP contribution is 2.30. The second-order valence-corrected chi connectivity index (χ2v) is 7.23. The van der Waals surface area contributed by atoms with Crippen molar-refractivity contribution in [1.29, 1.82) is 0 Å². The van der Waals surface area contributed by atoms with Gasteiger partial charge in [-0.05, 0) is 49.3 Å². The number of benzene rings is 1. The summed E-state index contributed by atoms with van der Waals surface area (Å²) in [5.41, 5.74) is 7.00. The summed E-state index contributed by atoms with van der Waals surface area (Å²) in [5, 5.41) is 0.687. The molecular weight excluding hydrogens is 296 g/mol. The van der Waals surface area contributed by atoms with Gasteiger partial charge in [-0.2, -0.15) is 0 Å². The maximum atomic E-state index is 13.0. The zero-order valence-electron chi connectivity index (χ0n) is 13.8. The summed E-state index contributed by atoms with van der Waals surface area (Å²) in [6.07, 6.45) is 2.01. The number of rotatable bonds is 4. The van der Waals surface area contributed by atoms with Crippen LogP contribution in [0.4, 0.5) is 0 Å². The fourth-order valence-electron chi connectivity index (χ4n) is 3.35. The highest BCUT2D eigenvalue weighted by atomic mass is 35.5. The average Bonchev–Trinajstić information content (AvgIpc) is 2.47. The smallest absolute Gasteiger partial charge is 0.230 e. The zero-order chi connectivity index (χ0) is 16.3. The first-order valence-electron chi connectivity index (χ1n) is 8.20. The van der Waals surface area contributed by atoms with Gasteiger partial charge in [0.15, 0.2) is 0 Å². The van der Waals surface area contributed by atoms with Crippen molar-refractivity contribution in [2.45, 2.75) is 45.6 Å². The van der Waals surface area contributed by atoms with Crippen molar-refractivity contribution in [1.82, 2.24) is 4.90 Å². The molecule has 0 spiro atoms. The van der Waals surface area contributed by atoms with Crippen LogP contribution in [0.3, 0.4) is 0 Å². The summed E-state index contributed by atoms with van der Waals surface area (Å²) < 4.78 is 0. The van der Waals surface area contributed by atoms with E-state index >= 15 is 0 Å². The Morgan fingerprint density at radius 2 is 1.91 bits per heavy atom. The number of piperidine rings is 1. The van der Waals surface area contributed by atoms with Gasteiger partial charge < -0.3 is 10.6 Å². The van der Waals surface area contributed by atoms with Crippen LogP contribution >= 0.6 is 11.6 Å². The molecule has 1 aromatic carbocycles. The monoisotopic (exact) mass is 322 g/mol. The van der Waals surface area contributed by atoms with E-state index in [1.54, 1.807) is 0 Å². The Labute approximate surface area is 138 Å². The number of amides is 1. The Balaban J connectivity index is 2.11. The molecule has 3 nitrogen and oxygen atoms in total. The molecule has 0 aliphatic carbocycles. The Morgan fingerprint density at radius 1 is 1.27 bits per heavy atom. The van der Waals surface area contributed by atoms with E-state index in [-0.39, 0.29) is 23.8 Å². The summed E-state index contributed by atoms with van der Waals surface area (Å²) in [7, 11) is 0. The first-order chi connectivity index (χ1) is 10.4. The number of hydrogen-bond acceptors (Lipinski definition) is 2. The Morgan fingerprint density at radius 3 is 2.41 bits per heavy atom. The molecular formula is C18H27ClN2O. The number of hydrogen-bond donors (Lipinski definition) is 1. The fourth-order valence-corrected chi connectivity index (χ4v) is 3.55. The molecule has 2 atom stereocenters. The lowest BCUT2D eigenvalue weighted by atomic mass is 9.85. The van der Waals surface area contributed by atoms with Crippen LogP contribution in [0.15, 0.2) is 24.3 Å². The molecule has 2 N–H and O–H groups in total. The molecule has 1 amide bonds. The second-order valence-electron chi connectivity index (χ2n) is 6.80. The van der Waals surface area contributed by atoms with E-state index in [0.717, 1.165) is 31.5 Å². The minimum atomic E-state index is -0.120. The first kappa shape index (κ1) is 17.3.